The fourth-order valence-corrected chi connectivity index (χ4v) is 6.30. The number of aromatic nitrogens is 4. The Morgan fingerprint density at radius 3 is 2.38 bits per heavy atom. The van der Waals surface area contributed by atoms with E-state index in [0.717, 1.165) is 48.2 Å². The Bertz CT molecular complexity index is 1510. The highest BCUT2D eigenvalue weighted by molar-refractivity contribution is 7.52. The topological polar surface area (TPSA) is 165 Å². The number of phosphoric acid groups is 1. The van der Waals surface area contributed by atoms with Crippen molar-refractivity contribution in [1.82, 2.24) is 24.9 Å². The maximum atomic E-state index is 13.8. The number of hydrogen-bond donors (Lipinski definition) is 3. The molecule has 2 aromatic heterocycles. The smallest absolute Gasteiger partial charge is 0.394 e. The van der Waals surface area contributed by atoms with E-state index in [1.165, 1.54) is 10.9 Å². The van der Waals surface area contributed by atoms with Crippen molar-refractivity contribution in [3.05, 3.63) is 53.6 Å². The molecule has 3 N–H and O–H groups in total. The average Bonchev–Trinajstić information content (AvgIpc) is 3.92. The summed E-state index contributed by atoms with van der Waals surface area (Å²) < 4.78 is 28.6. The molecule has 14 heteroatoms. The number of carbonyl (C=O) groups excluding carboxylic acids is 2. The Balaban J connectivity index is 1.18. The molecule has 1 unspecified atom stereocenters. The third-order valence-electron chi connectivity index (χ3n) is 8.23. The zero-order valence-electron chi connectivity index (χ0n) is 23.7. The maximum absolute atomic E-state index is 13.8. The molecule has 1 aromatic carbocycles. The molecule has 0 radical (unpaired) electrons. The van der Waals surface area contributed by atoms with Crippen LogP contribution in [0.5, 0.6) is 0 Å². The standard InChI is InChI=1S/C28H35N6O7P/c1-16(14-35)34-23(12-13-29-34)27(36)31-26(25(20-4-5-20)21-6-7-21)28(37)30-22-10-8-19(9-11-22)24-17(2)32-33(18(24)3)15-39-42(38)40-41-42/h8-13,16,20-21,25-26,35H,4-7,14-15H2,1-3H3,(H,30,37)(H,31,36)/t16?,26-/m0/s1. The number of aryl methyl sites for hydroxylation is 1. The summed E-state index contributed by atoms with van der Waals surface area (Å²) in [5.74, 6) is 0.269. The highest BCUT2D eigenvalue weighted by atomic mass is 31.2. The first kappa shape index (κ1) is 28.8. The van der Waals surface area contributed by atoms with Gasteiger partial charge < -0.3 is 15.7 Å². The van der Waals surface area contributed by atoms with E-state index in [1.807, 2.05) is 38.1 Å². The van der Waals surface area contributed by atoms with Crippen molar-refractivity contribution in [2.45, 2.75) is 65.3 Å². The minimum atomic E-state index is -3.39. The first-order valence-corrected chi connectivity index (χ1v) is 15.7. The van der Waals surface area contributed by atoms with E-state index in [4.69, 9.17) is 4.52 Å². The predicted octanol–water partition coefficient (Wildman–Crippen LogP) is 4.13. The molecule has 3 aliphatic rings. The minimum absolute atomic E-state index is 0.0698. The van der Waals surface area contributed by atoms with Crippen LogP contribution in [0.2, 0.25) is 0 Å². The molecule has 42 heavy (non-hydrogen) atoms. The van der Waals surface area contributed by atoms with E-state index >= 15 is 0 Å². The molecule has 2 aliphatic carbocycles. The molecule has 1 aliphatic heterocycles. The van der Waals surface area contributed by atoms with Gasteiger partial charge in [-0.2, -0.15) is 10.2 Å². The molecule has 3 heterocycles. The van der Waals surface area contributed by atoms with Gasteiger partial charge in [0.25, 0.3) is 5.91 Å². The summed E-state index contributed by atoms with van der Waals surface area (Å²) in [4.78, 5) is 27.2. The van der Waals surface area contributed by atoms with Gasteiger partial charge in [-0.3, -0.25) is 18.8 Å². The lowest BCUT2D eigenvalue weighted by molar-refractivity contribution is -0.119. The molecule has 2 saturated carbocycles. The lowest BCUT2D eigenvalue weighted by Crippen LogP contribution is -2.50. The van der Waals surface area contributed by atoms with E-state index in [1.54, 1.807) is 17.7 Å². The lowest BCUT2D eigenvalue weighted by atomic mass is 9.88. The molecule has 224 valence electrons. The minimum Gasteiger partial charge on any atom is -0.394 e. The number of rotatable bonds is 13. The van der Waals surface area contributed by atoms with Crippen molar-refractivity contribution in [1.29, 1.82) is 0 Å². The summed E-state index contributed by atoms with van der Waals surface area (Å²) in [5, 5.41) is 24.3. The molecule has 2 amide bonds. The molecule has 0 spiro atoms. The predicted molar refractivity (Wildman–Crippen MR) is 151 cm³/mol. The highest BCUT2D eigenvalue weighted by Gasteiger charge is 2.48. The Morgan fingerprint density at radius 1 is 1.12 bits per heavy atom. The third kappa shape index (κ3) is 6.06. The number of anilines is 1. The van der Waals surface area contributed by atoms with Crippen molar-refractivity contribution in [2.24, 2.45) is 17.8 Å². The monoisotopic (exact) mass is 598 g/mol. The van der Waals surface area contributed by atoms with Crippen LogP contribution in [-0.2, 0) is 30.0 Å². The highest BCUT2D eigenvalue weighted by Crippen LogP contribution is 2.65. The van der Waals surface area contributed by atoms with Gasteiger partial charge in [-0.15, -0.1) is 9.35 Å². The van der Waals surface area contributed by atoms with Crippen molar-refractivity contribution >= 4 is 25.3 Å². The fourth-order valence-electron chi connectivity index (χ4n) is 5.74. The van der Waals surface area contributed by atoms with Crippen LogP contribution in [-0.4, -0.2) is 49.1 Å². The number of aliphatic hydroxyl groups is 1. The largest absolute Gasteiger partial charge is 0.532 e. The third-order valence-corrected chi connectivity index (χ3v) is 9.05. The number of carbonyl (C=O) groups is 2. The molecule has 6 rings (SSSR count). The van der Waals surface area contributed by atoms with Crippen LogP contribution in [0.4, 0.5) is 5.69 Å². The molecule has 3 aromatic rings. The fraction of sp³-hybridized carbons (Fsp3) is 0.500. The number of hydrogen-bond acceptors (Lipinski definition) is 9. The van der Waals surface area contributed by atoms with Crippen LogP contribution < -0.4 is 10.6 Å². The Morgan fingerprint density at radius 2 is 1.79 bits per heavy atom. The second-order valence-corrected chi connectivity index (χ2v) is 12.8. The summed E-state index contributed by atoms with van der Waals surface area (Å²) in [6.07, 6.45) is 5.76. The average molecular weight is 599 g/mol. The number of nitrogens with one attached hydrogen (secondary N) is 2. The van der Waals surface area contributed by atoms with Crippen molar-refractivity contribution < 1.29 is 33.1 Å². The Hall–Kier alpha value is -3.35. The number of benzene rings is 1. The van der Waals surface area contributed by atoms with Crippen molar-refractivity contribution in [3.8, 4) is 11.1 Å². The lowest BCUT2D eigenvalue weighted by Gasteiger charge is -2.28. The van der Waals surface area contributed by atoms with Crippen LogP contribution in [0.25, 0.3) is 11.1 Å². The van der Waals surface area contributed by atoms with Gasteiger partial charge in [0.2, 0.25) is 5.91 Å². The summed E-state index contributed by atoms with van der Waals surface area (Å²) in [5.41, 5.74) is 4.29. The van der Waals surface area contributed by atoms with Crippen molar-refractivity contribution in [3.63, 3.8) is 0 Å². The number of amides is 2. The second kappa shape index (κ2) is 11.4. The van der Waals surface area contributed by atoms with E-state index in [9.17, 15) is 19.3 Å². The molecule has 1 saturated heterocycles. The van der Waals surface area contributed by atoms with E-state index in [0.29, 0.717) is 23.2 Å². The molecular weight excluding hydrogens is 563 g/mol. The van der Waals surface area contributed by atoms with E-state index < -0.39 is 13.9 Å². The maximum Gasteiger partial charge on any atom is 0.532 e. The number of aliphatic hydroxyl groups excluding tert-OH is 1. The Labute approximate surface area is 243 Å². The normalized spacial score (nSPS) is 19.0. The molecule has 3 fully saturated rings. The quantitative estimate of drug-likeness (QED) is 0.149. The summed E-state index contributed by atoms with van der Waals surface area (Å²) in [7, 11) is -3.39. The van der Waals surface area contributed by atoms with Gasteiger partial charge >= 0.3 is 7.82 Å². The molecule has 13 nitrogen and oxygen atoms in total. The zero-order valence-corrected chi connectivity index (χ0v) is 24.6. The molecule has 2 atom stereocenters. The number of nitrogens with zero attached hydrogens (tertiary/aromatic N) is 4. The summed E-state index contributed by atoms with van der Waals surface area (Å²) in [6, 6.07) is 7.98. The van der Waals surface area contributed by atoms with E-state index in [-0.39, 0.29) is 37.1 Å². The van der Waals surface area contributed by atoms with Gasteiger partial charge in [-0.05, 0) is 88.0 Å². The van der Waals surface area contributed by atoms with Crippen LogP contribution in [0.1, 0.15) is 60.5 Å². The van der Waals surface area contributed by atoms with Crippen LogP contribution in [0.15, 0.2) is 36.5 Å². The van der Waals surface area contributed by atoms with Gasteiger partial charge in [-0.25, -0.2) is 9.25 Å². The second-order valence-electron chi connectivity index (χ2n) is 11.4. The zero-order chi connectivity index (χ0) is 29.6. The van der Waals surface area contributed by atoms with Gasteiger partial charge in [0.1, 0.15) is 11.7 Å². The molecular formula is C28H35N6O7P. The van der Waals surface area contributed by atoms with Crippen LogP contribution in [0, 0.1) is 31.6 Å². The Kier molecular flexibility index (Phi) is 7.79. The van der Waals surface area contributed by atoms with Gasteiger partial charge in [0.15, 0.2) is 6.73 Å². The summed E-state index contributed by atoms with van der Waals surface area (Å²) >= 11 is 0. The first-order chi connectivity index (χ1) is 20.2. The van der Waals surface area contributed by atoms with Gasteiger partial charge in [-0.1, -0.05) is 12.1 Å². The summed E-state index contributed by atoms with van der Waals surface area (Å²) in [6.45, 7) is 5.30. The first-order valence-electron chi connectivity index (χ1n) is 14.2. The van der Waals surface area contributed by atoms with Crippen LogP contribution in [0.3, 0.4) is 0 Å². The van der Waals surface area contributed by atoms with Crippen molar-refractivity contribution in [2.75, 3.05) is 11.9 Å². The SMILES string of the molecule is Cc1nn(COP2(=O)OO2)c(C)c1-c1ccc(NC(=O)[C@@H](NC(=O)c2ccnn2C(C)CO)C(C2CC2)C2CC2)cc1. The van der Waals surface area contributed by atoms with Gasteiger partial charge in [0.05, 0.1) is 18.3 Å². The van der Waals surface area contributed by atoms with Gasteiger partial charge in [0, 0.05) is 23.1 Å². The molecule has 0 bridgehead atoms. The van der Waals surface area contributed by atoms with Crippen LogP contribution >= 0.6 is 7.82 Å². The van der Waals surface area contributed by atoms with E-state index in [2.05, 4.69) is 30.2 Å².